The van der Waals surface area contributed by atoms with Crippen LogP contribution in [0, 0.1) is 6.92 Å². The molecule has 5 nitrogen and oxygen atoms in total. The first kappa shape index (κ1) is 18.0. The zero-order valence-electron chi connectivity index (χ0n) is 13.6. The van der Waals surface area contributed by atoms with Gasteiger partial charge in [0, 0.05) is 12.2 Å². The quantitative estimate of drug-likeness (QED) is 0.494. The minimum atomic E-state index is 0.437. The standard InChI is InChI=1S/C17H20N4OS2/c1-12-3-7-14(8-4-12)19-17(24)21-20-16(23)18-11-13-5-9-15(22-2)10-6-13/h3-10H,11H2,1-2H3,(H2,18,20,23)(H2,19,21,24). The second-order valence-corrected chi connectivity index (χ2v) is 5.92. The van der Waals surface area contributed by atoms with Crippen LogP contribution in [0.1, 0.15) is 11.1 Å². The molecule has 0 saturated carbocycles. The lowest BCUT2D eigenvalue weighted by Gasteiger charge is -2.14. The smallest absolute Gasteiger partial charge is 0.189 e. The summed E-state index contributed by atoms with van der Waals surface area (Å²) in [4.78, 5) is 0. The van der Waals surface area contributed by atoms with Gasteiger partial charge in [0.25, 0.3) is 0 Å². The number of hydrazine groups is 1. The van der Waals surface area contributed by atoms with Gasteiger partial charge in [-0.15, -0.1) is 0 Å². The van der Waals surface area contributed by atoms with Gasteiger partial charge in [-0.1, -0.05) is 29.8 Å². The minimum Gasteiger partial charge on any atom is -0.497 e. The summed E-state index contributed by atoms with van der Waals surface area (Å²) in [6, 6.07) is 15.7. The summed E-state index contributed by atoms with van der Waals surface area (Å²) >= 11 is 10.4. The summed E-state index contributed by atoms with van der Waals surface area (Å²) in [5, 5.41) is 7.05. The normalized spacial score (nSPS) is 9.75. The van der Waals surface area contributed by atoms with Gasteiger partial charge in [-0.3, -0.25) is 10.9 Å². The number of hydrogen-bond acceptors (Lipinski definition) is 3. The third kappa shape index (κ3) is 6.02. The lowest BCUT2D eigenvalue weighted by Crippen LogP contribution is -2.47. The molecule has 0 spiro atoms. The number of methoxy groups -OCH3 is 1. The van der Waals surface area contributed by atoms with E-state index in [0.717, 1.165) is 17.0 Å². The van der Waals surface area contributed by atoms with Crippen LogP contribution < -0.4 is 26.2 Å². The monoisotopic (exact) mass is 360 g/mol. The van der Waals surface area contributed by atoms with Gasteiger partial charge in [-0.2, -0.15) is 0 Å². The van der Waals surface area contributed by atoms with E-state index in [4.69, 9.17) is 29.2 Å². The molecule has 0 unspecified atom stereocenters. The molecular weight excluding hydrogens is 340 g/mol. The van der Waals surface area contributed by atoms with E-state index in [1.54, 1.807) is 7.11 Å². The molecular formula is C17H20N4OS2. The second kappa shape index (κ2) is 9.05. The number of benzene rings is 2. The topological polar surface area (TPSA) is 57.4 Å². The van der Waals surface area contributed by atoms with Gasteiger partial charge in [0.15, 0.2) is 10.2 Å². The van der Waals surface area contributed by atoms with Crippen molar-refractivity contribution in [1.82, 2.24) is 16.2 Å². The Morgan fingerprint density at radius 1 is 0.917 bits per heavy atom. The van der Waals surface area contributed by atoms with E-state index in [0.29, 0.717) is 16.8 Å². The number of thiocarbonyl (C=S) groups is 2. The van der Waals surface area contributed by atoms with Crippen LogP contribution in [0.4, 0.5) is 5.69 Å². The molecule has 2 rings (SSSR count). The predicted octanol–water partition coefficient (Wildman–Crippen LogP) is 2.87. The molecule has 4 N–H and O–H groups in total. The minimum absolute atomic E-state index is 0.437. The van der Waals surface area contributed by atoms with Crippen molar-refractivity contribution < 1.29 is 4.74 Å². The van der Waals surface area contributed by atoms with Crippen LogP contribution in [0.2, 0.25) is 0 Å². The average molecular weight is 361 g/mol. The number of anilines is 1. The van der Waals surface area contributed by atoms with Gasteiger partial charge in [0.05, 0.1) is 7.11 Å². The first-order valence-corrected chi connectivity index (χ1v) is 8.19. The maximum Gasteiger partial charge on any atom is 0.189 e. The Hall–Kier alpha value is -2.38. The molecule has 24 heavy (non-hydrogen) atoms. The molecule has 2 aromatic rings. The average Bonchev–Trinajstić information content (AvgIpc) is 2.60. The summed E-state index contributed by atoms with van der Waals surface area (Å²) in [5.41, 5.74) is 8.90. The van der Waals surface area contributed by atoms with Crippen LogP contribution in [0.3, 0.4) is 0 Å². The van der Waals surface area contributed by atoms with Crippen LogP contribution in [0.5, 0.6) is 5.75 Å². The number of nitrogens with one attached hydrogen (secondary N) is 4. The molecule has 2 aromatic carbocycles. The molecule has 0 aliphatic carbocycles. The Morgan fingerprint density at radius 3 is 2.17 bits per heavy atom. The molecule has 0 aliphatic heterocycles. The molecule has 7 heteroatoms. The Bertz CT molecular complexity index is 687. The molecule has 0 heterocycles. The molecule has 0 atom stereocenters. The first-order valence-electron chi connectivity index (χ1n) is 7.37. The van der Waals surface area contributed by atoms with E-state index in [1.165, 1.54) is 5.56 Å². The van der Waals surface area contributed by atoms with E-state index in [1.807, 2.05) is 55.5 Å². The Kier molecular flexibility index (Phi) is 6.77. The third-order valence-electron chi connectivity index (χ3n) is 3.21. The van der Waals surface area contributed by atoms with Crippen LogP contribution in [-0.2, 0) is 6.54 Å². The van der Waals surface area contributed by atoms with Crippen LogP contribution in [0.15, 0.2) is 48.5 Å². The number of rotatable bonds is 4. The number of ether oxygens (including phenoxy) is 1. The van der Waals surface area contributed by atoms with Crippen molar-refractivity contribution in [3.8, 4) is 5.75 Å². The van der Waals surface area contributed by atoms with Crippen LogP contribution in [-0.4, -0.2) is 17.3 Å². The first-order chi connectivity index (χ1) is 11.6. The van der Waals surface area contributed by atoms with Crippen molar-refractivity contribution in [2.45, 2.75) is 13.5 Å². The zero-order valence-corrected chi connectivity index (χ0v) is 15.2. The highest BCUT2D eigenvalue weighted by Gasteiger charge is 2.00. The SMILES string of the molecule is COc1ccc(CNC(=S)NNC(=S)Nc2ccc(C)cc2)cc1. The molecule has 0 aromatic heterocycles. The number of hydrogen-bond donors (Lipinski definition) is 4. The highest BCUT2D eigenvalue weighted by Crippen LogP contribution is 2.11. The fourth-order valence-corrected chi connectivity index (χ4v) is 2.17. The summed E-state index contributed by atoms with van der Waals surface area (Å²) in [7, 11) is 1.64. The second-order valence-electron chi connectivity index (χ2n) is 5.10. The summed E-state index contributed by atoms with van der Waals surface area (Å²) in [5.74, 6) is 0.827. The molecule has 0 amide bonds. The van der Waals surface area contributed by atoms with Crippen LogP contribution >= 0.6 is 24.4 Å². The van der Waals surface area contributed by atoms with Crippen molar-refractivity contribution in [3.05, 3.63) is 59.7 Å². The fraction of sp³-hybridized carbons (Fsp3) is 0.176. The Labute approximate surface area is 152 Å². The highest BCUT2D eigenvalue weighted by molar-refractivity contribution is 7.80. The van der Waals surface area contributed by atoms with Gasteiger partial charge in [0.2, 0.25) is 0 Å². The van der Waals surface area contributed by atoms with Crippen molar-refractivity contribution >= 4 is 40.3 Å². The summed E-state index contributed by atoms with van der Waals surface area (Å²) in [6.07, 6.45) is 0. The van der Waals surface area contributed by atoms with Gasteiger partial charge < -0.3 is 15.4 Å². The van der Waals surface area contributed by atoms with E-state index in [9.17, 15) is 0 Å². The van der Waals surface area contributed by atoms with Crippen molar-refractivity contribution in [1.29, 1.82) is 0 Å². The lowest BCUT2D eigenvalue weighted by atomic mass is 10.2. The number of aryl methyl sites for hydroxylation is 1. The van der Waals surface area contributed by atoms with Crippen LogP contribution in [0.25, 0.3) is 0 Å². The molecule has 0 bridgehead atoms. The maximum absolute atomic E-state index is 5.21. The van der Waals surface area contributed by atoms with Crippen molar-refractivity contribution in [2.75, 3.05) is 12.4 Å². The van der Waals surface area contributed by atoms with Gasteiger partial charge in [0.1, 0.15) is 5.75 Å². The molecule has 126 valence electrons. The van der Waals surface area contributed by atoms with E-state index in [-0.39, 0.29) is 0 Å². The summed E-state index contributed by atoms with van der Waals surface area (Å²) < 4.78 is 5.13. The molecule has 0 fully saturated rings. The predicted molar refractivity (Wildman–Crippen MR) is 106 cm³/mol. The zero-order chi connectivity index (χ0) is 17.4. The highest BCUT2D eigenvalue weighted by atomic mass is 32.1. The van der Waals surface area contributed by atoms with Crippen molar-refractivity contribution in [3.63, 3.8) is 0 Å². The molecule has 0 radical (unpaired) electrons. The van der Waals surface area contributed by atoms with E-state index >= 15 is 0 Å². The Balaban J connectivity index is 1.70. The maximum atomic E-state index is 5.21. The molecule has 0 aliphatic rings. The fourth-order valence-electron chi connectivity index (χ4n) is 1.88. The van der Waals surface area contributed by atoms with Gasteiger partial charge in [-0.25, -0.2) is 0 Å². The third-order valence-corrected chi connectivity index (χ3v) is 3.66. The lowest BCUT2D eigenvalue weighted by molar-refractivity contribution is 0.414. The van der Waals surface area contributed by atoms with Crippen molar-refractivity contribution in [2.24, 2.45) is 0 Å². The summed E-state index contributed by atoms with van der Waals surface area (Å²) in [6.45, 7) is 2.64. The van der Waals surface area contributed by atoms with E-state index in [2.05, 4.69) is 21.5 Å². The van der Waals surface area contributed by atoms with Gasteiger partial charge >= 0.3 is 0 Å². The van der Waals surface area contributed by atoms with Gasteiger partial charge in [-0.05, 0) is 61.2 Å². The Morgan fingerprint density at radius 2 is 1.54 bits per heavy atom. The molecule has 0 saturated heterocycles. The largest absolute Gasteiger partial charge is 0.497 e. The van der Waals surface area contributed by atoms with E-state index < -0.39 is 0 Å².